The van der Waals surface area contributed by atoms with E-state index in [-0.39, 0.29) is 17.9 Å². The second kappa shape index (κ2) is 5.57. The van der Waals surface area contributed by atoms with Gasteiger partial charge in [-0.05, 0) is 19.1 Å². The summed E-state index contributed by atoms with van der Waals surface area (Å²) >= 11 is 0. The van der Waals surface area contributed by atoms with Crippen LogP contribution in [0.3, 0.4) is 0 Å². The Morgan fingerprint density at radius 2 is 2.21 bits per heavy atom. The molecule has 2 aromatic heterocycles. The molecule has 2 atom stereocenters. The maximum absolute atomic E-state index is 11.8. The van der Waals surface area contributed by atoms with Crippen molar-refractivity contribution in [1.82, 2.24) is 19.7 Å². The predicted molar refractivity (Wildman–Crippen MR) is 70.6 cm³/mol. The van der Waals surface area contributed by atoms with Gasteiger partial charge < -0.3 is 11.1 Å². The second-order valence-corrected chi connectivity index (χ2v) is 4.38. The summed E-state index contributed by atoms with van der Waals surface area (Å²) in [7, 11) is 0. The summed E-state index contributed by atoms with van der Waals surface area (Å²) in [6.07, 6.45) is 4.56. The summed E-state index contributed by atoms with van der Waals surface area (Å²) < 4.78 is 1.54. The van der Waals surface area contributed by atoms with Gasteiger partial charge in [0.2, 0.25) is 5.91 Å². The molecule has 0 saturated carbocycles. The molecule has 2 unspecified atom stereocenters. The normalized spacial score (nSPS) is 13.8. The standard InChI is InChI=1S/C12H16N6O/c1-8(9(2)13)12(19)17-10-3-4-11(15-5-10)18-7-14-6-16-18/h3-9H,13H2,1-2H3,(H,17,19). The van der Waals surface area contributed by atoms with E-state index in [0.717, 1.165) is 0 Å². The van der Waals surface area contributed by atoms with Crippen LogP contribution in [0, 0.1) is 5.92 Å². The molecule has 19 heavy (non-hydrogen) atoms. The zero-order chi connectivity index (χ0) is 13.8. The van der Waals surface area contributed by atoms with E-state index in [2.05, 4.69) is 20.4 Å². The number of nitrogens with one attached hydrogen (secondary N) is 1. The highest BCUT2D eigenvalue weighted by Gasteiger charge is 2.17. The summed E-state index contributed by atoms with van der Waals surface area (Å²) in [5.74, 6) is 0.260. The van der Waals surface area contributed by atoms with E-state index in [1.807, 2.05) is 0 Å². The molecule has 1 amide bonds. The number of hydrogen-bond acceptors (Lipinski definition) is 5. The van der Waals surface area contributed by atoms with Crippen LogP contribution >= 0.6 is 0 Å². The number of pyridine rings is 1. The van der Waals surface area contributed by atoms with Gasteiger partial charge >= 0.3 is 0 Å². The molecule has 0 bridgehead atoms. The van der Waals surface area contributed by atoms with E-state index in [1.165, 1.54) is 11.0 Å². The molecule has 100 valence electrons. The van der Waals surface area contributed by atoms with Gasteiger partial charge in [-0.1, -0.05) is 6.92 Å². The lowest BCUT2D eigenvalue weighted by Gasteiger charge is -2.15. The number of aromatic nitrogens is 4. The maximum Gasteiger partial charge on any atom is 0.228 e. The third-order valence-electron chi connectivity index (χ3n) is 2.87. The van der Waals surface area contributed by atoms with Crippen LogP contribution in [0.25, 0.3) is 5.82 Å². The smallest absolute Gasteiger partial charge is 0.228 e. The van der Waals surface area contributed by atoms with Crippen LogP contribution < -0.4 is 11.1 Å². The number of amides is 1. The minimum atomic E-state index is -0.255. The van der Waals surface area contributed by atoms with Gasteiger partial charge in [-0.3, -0.25) is 4.79 Å². The van der Waals surface area contributed by atoms with Crippen molar-refractivity contribution in [2.45, 2.75) is 19.9 Å². The number of carbonyl (C=O) groups is 1. The Balaban J connectivity index is 2.05. The van der Waals surface area contributed by atoms with Crippen LogP contribution in [0.5, 0.6) is 0 Å². The summed E-state index contributed by atoms with van der Waals surface area (Å²) in [5.41, 5.74) is 6.31. The monoisotopic (exact) mass is 260 g/mol. The summed E-state index contributed by atoms with van der Waals surface area (Å²) in [6, 6.07) is 3.32. The highest BCUT2D eigenvalue weighted by Crippen LogP contribution is 2.11. The lowest BCUT2D eigenvalue weighted by atomic mass is 10.0. The quantitative estimate of drug-likeness (QED) is 0.838. The van der Waals surface area contributed by atoms with Gasteiger partial charge in [0.05, 0.1) is 17.8 Å². The molecule has 7 heteroatoms. The first-order valence-electron chi connectivity index (χ1n) is 5.95. The Labute approximate surface area is 110 Å². The minimum Gasteiger partial charge on any atom is -0.327 e. The fourth-order valence-electron chi connectivity index (χ4n) is 1.42. The molecule has 2 heterocycles. The molecule has 0 radical (unpaired) electrons. The molecule has 2 aromatic rings. The fourth-order valence-corrected chi connectivity index (χ4v) is 1.42. The van der Waals surface area contributed by atoms with Gasteiger partial charge in [-0.25, -0.2) is 14.6 Å². The summed E-state index contributed by atoms with van der Waals surface area (Å²) in [4.78, 5) is 19.9. The van der Waals surface area contributed by atoms with E-state index in [9.17, 15) is 4.79 Å². The topological polar surface area (TPSA) is 98.7 Å². The van der Waals surface area contributed by atoms with Crippen LogP contribution in [0.1, 0.15) is 13.8 Å². The molecule has 0 saturated heterocycles. The van der Waals surface area contributed by atoms with E-state index >= 15 is 0 Å². The van der Waals surface area contributed by atoms with Crippen LogP contribution in [0.4, 0.5) is 5.69 Å². The number of rotatable bonds is 4. The predicted octanol–water partition coefficient (Wildman–Crippen LogP) is 0.584. The number of anilines is 1. The highest BCUT2D eigenvalue weighted by molar-refractivity contribution is 5.92. The SMILES string of the molecule is CC(N)C(C)C(=O)Nc1ccc(-n2cncn2)nc1. The van der Waals surface area contributed by atoms with Gasteiger partial charge in [0.1, 0.15) is 12.7 Å². The summed E-state index contributed by atoms with van der Waals surface area (Å²) in [6.45, 7) is 3.59. The molecular weight excluding hydrogens is 244 g/mol. The number of hydrogen-bond donors (Lipinski definition) is 2. The van der Waals surface area contributed by atoms with E-state index in [4.69, 9.17) is 5.73 Å². The van der Waals surface area contributed by atoms with Crippen LogP contribution in [0.15, 0.2) is 31.0 Å². The van der Waals surface area contributed by atoms with Crippen LogP contribution in [0.2, 0.25) is 0 Å². The average molecular weight is 260 g/mol. The third-order valence-corrected chi connectivity index (χ3v) is 2.87. The lowest BCUT2D eigenvalue weighted by molar-refractivity contribution is -0.119. The molecule has 0 fully saturated rings. The molecule has 0 aromatic carbocycles. The van der Waals surface area contributed by atoms with Crippen molar-refractivity contribution in [2.24, 2.45) is 11.7 Å². The molecular formula is C12H16N6O. The Hall–Kier alpha value is -2.28. The zero-order valence-electron chi connectivity index (χ0n) is 10.8. The van der Waals surface area contributed by atoms with Crippen molar-refractivity contribution in [3.8, 4) is 5.82 Å². The molecule has 0 aliphatic heterocycles. The fraction of sp³-hybridized carbons (Fsp3) is 0.333. The minimum absolute atomic E-state index is 0.120. The van der Waals surface area contributed by atoms with E-state index < -0.39 is 0 Å². The molecule has 3 N–H and O–H groups in total. The van der Waals surface area contributed by atoms with Gasteiger partial charge in [0, 0.05) is 6.04 Å². The van der Waals surface area contributed by atoms with Gasteiger partial charge in [-0.2, -0.15) is 5.10 Å². The van der Waals surface area contributed by atoms with Crippen molar-refractivity contribution in [3.63, 3.8) is 0 Å². The van der Waals surface area contributed by atoms with Gasteiger partial charge in [0.15, 0.2) is 5.82 Å². The van der Waals surface area contributed by atoms with Crippen molar-refractivity contribution in [1.29, 1.82) is 0 Å². The molecule has 0 aliphatic carbocycles. The first kappa shape index (κ1) is 13.2. The number of carbonyl (C=O) groups excluding carboxylic acids is 1. The zero-order valence-corrected chi connectivity index (χ0v) is 10.8. The lowest BCUT2D eigenvalue weighted by Crippen LogP contribution is -2.34. The maximum atomic E-state index is 11.8. The van der Waals surface area contributed by atoms with Gasteiger partial charge in [-0.15, -0.1) is 0 Å². The molecule has 2 rings (SSSR count). The largest absolute Gasteiger partial charge is 0.327 e. The Morgan fingerprint density at radius 1 is 1.42 bits per heavy atom. The molecule has 0 spiro atoms. The van der Waals surface area contributed by atoms with Gasteiger partial charge in [0.25, 0.3) is 0 Å². The Bertz CT molecular complexity index is 534. The number of nitrogens with two attached hydrogens (primary N) is 1. The van der Waals surface area contributed by atoms with E-state index in [1.54, 1.807) is 38.5 Å². The van der Waals surface area contributed by atoms with Crippen LogP contribution in [-0.2, 0) is 4.79 Å². The van der Waals surface area contributed by atoms with Crippen molar-refractivity contribution < 1.29 is 4.79 Å². The third kappa shape index (κ3) is 3.14. The van der Waals surface area contributed by atoms with Crippen LogP contribution in [-0.4, -0.2) is 31.7 Å². The first-order valence-corrected chi connectivity index (χ1v) is 5.95. The Kier molecular flexibility index (Phi) is 3.86. The van der Waals surface area contributed by atoms with Crippen molar-refractivity contribution in [3.05, 3.63) is 31.0 Å². The molecule has 7 nitrogen and oxygen atoms in total. The average Bonchev–Trinajstić information content (AvgIpc) is 2.92. The number of nitrogens with zero attached hydrogens (tertiary/aromatic N) is 4. The highest BCUT2D eigenvalue weighted by atomic mass is 16.1. The second-order valence-electron chi connectivity index (χ2n) is 4.38. The van der Waals surface area contributed by atoms with E-state index in [0.29, 0.717) is 11.5 Å². The first-order chi connectivity index (χ1) is 9.08. The van der Waals surface area contributed by atoms with Crippen molar-refractivity contribution >= 4 is 11.6 Å². The summed E-state index contributed by atoms with van der Waals surface area (Å²) in [5, 5.41) is 6.74. The Morgan fingerprint density at radius 3 is 2.74 bits per heavy atom. The molecule has 0 aliphatic rings. The van der Waals surface area contributed by atoms with Crippen molar-refractivity contribution in [2.75, 3.05) is 5.32 Å².